The smallest absolute Gasteiger partial charge is 0.407 e. The number of nitrogens with one attached hydrogen (secondary N) is 3. The van der Waals surface area contributed by atoms with Crippen molar-refractivity contribution < 1.29 is 24.2 Å². The topological polar surface area (TPSA) is 117 Å². The molecule has 26 heavy (non-hydrogen) atoms. The van der Waals surface area contributed by atoms with Gasteiger partial charge < -0.3 is 25.8 Å². The number of alkyl carbamates (subject to hydrolysis) is 1. The number of hydrogen-bond donors (Lipinski definition) is 4. The summed E-state index contributed by atoms with van der Waals surface area (Å²) in [6.45, 7) is 1.94. The third kappa shape index (κ3) is 5.45. The summed E-state index contributed by atoms with van der Waals surface area (Å²) in [4.78, 5) is 35.8. The van der Waals surface area contributed by atoms with Gasteiger partial charge in [0.15, 0.2) is 6.10 Å². The van der Waals surface area contributed by atoms with Gasteiger partial charge in [-0.3, -0.25) is 9.59 Å². The van der Waals surface area contributed by atoms with Crippen LogP contribution >= 0.6 is 0 Å². The summed E-state index contributed by atoms with van der Waals surface area (Å²) in [5.41, 5.74) is 0.815. The molecule has 1 aliphatic heterocycles. The molecule has 1 unspecified atom stereocenters. The summed E-state index contributed by atoms with van der Waals surface area (Å²) in [5, 5.41) is 17.9. The van der Waals surface area contributed by atoms with E-state index in [0.29, 0.717) is 6.42 Å². The highest BCUT2D eigenvalue weighted by Crippen LogP contribution is 2.22. The molecule has 1 aromatic rings. The van der Waals surface area contributed by atoms with Crippen molar-refractivity contribution in [1.82, 2.24) is 16.0 Å². The van der Waals surface area contributed by atoms with Gasteiger partial charge in [-0.05, 0) is 25.3 Å². The first-order chi connectivity index (χ1) is 12.4. The molecule has 0 bridgehead atoms. The van der Waals surface area contributed by atoms with E-state index in [2.05, 4.69) is 16.0 Å². The Labute approximate surface area is 152 Å². The van der Waals surface area contributed by atoms with E-state index in [1.165, 1.54) is 7.05 Å². The van der Waals surface area contributed by atoms with Gasteiger partial charge in [-0.2, -0.15) is 0 Å². The highest BCUT2D eigenvalue weighted by atomic mass is 16.5. The van der Waals surface area contributed by atoms with Crippen LogP contribution in [0.3, 0.4) is 0 Å². The van der Waals surface area contributed by atoms with Crippen molar-refractivity contribution in [3.63, 3.8) is 0 Å². The summed E-state index contributed by atoms with van der Waals surface area (Å²) < 4.78 is 5.14. The van der Waals surface area contributed by atoms with Crippen LogP contribution in [-0.4, -0.2) is 48.2 Å². The average molecular weight is 363 g/mol. The Morgan fingerprint density at radius 3 is 2.62 bits per heavy atom. The van der Waals surface area contributed by atoms with E-state index < -0.39 is 24.1 Å². The second-order valence-electron chi connectivity index (χ2n) is 6.45. The van der Waals surface area contributed by atoms with Gasteiger partial charge in [0.25, 0.3) is 5.91 Å². The van der Waals surface area contributed by atoms with E-state index in [1.54, 1.807) is 0 Å². The maximum absolute atomic E-state index is 12.1. The number of aliphatic hydroxyl groups is 1. The van der Waals surface area contributed by atoms with Crippen LogP contribution in [0.4, 0.5) is 4.79 Å². The Bertz CT molecular complexity index is 637. The molecule has 0 aromatic heterocycles. The minimum absolute atomic E-state index is 0.0235. The van der Waals surface area contributed by atoms with Crippen LogP contribution in [0.1, 0.15) is 25.3 Å². The van der Waals surface area contributed by atoms with Crippen molar-refractivity contribution in [3.05, 3.63) is 35.9 Å². The fourth-order valence-corrected chi connectivity index (χ4v) is 2.98. The van der Waals surface area contributed by atoms with Gasteiger partial charge in [0.05, 0.1) is 6.04 Å². The van der Waals surface area contributed by atoms with Crippen molar-refractivity contribution in [3.8, 4) is 0 Å². The zero-order valence-electron chi connectivity index (χ0n) is 14.9. The number of carbonyl (C=O) groups excluding carboxylic acids is 3. The van der Waals surface area contributed by atoms with Crippen molar-refractivity contribution in [2.75, 3.05) is 7.05 Å². The van der Waals surface area contributed by atoms with E-state index in [9.17, 15) is 19.5 Å². The maximum Gasteiger partial charge on any atom is 0.407 e. The van der Waals surface area contributed by atoms with Crippen LogP contribution in [0.15, 0.2) is 30.3 Å². The molecule has 0 radical (unpaired) electrons. The van der Waals surface area contributed by atoms with Crippen LogP contribution < -0.4 is 16.0 Å². The molecule has 4 N–H and O–H groups in total. The van der Waals surface area contributed by atoms with Gasteiger partial charge >= 0.3 is 6.09 Å². The molecular formula is C18H25N3O5. The van der Waals surface area contributed by atoms with Crippen molar-refractivity contribution in [2.24, 2.45) is 5.92 Å². The Balaban J connectivity index is 1.97. The lowest BCUT2D eigenvalue weighted by Crippen LogP contribution is -2.51. The third-order valence-corrected chi connectivity index (χ3v) is 4.35. The molecule has 3 amide bonds. The van der Waals surface area contributed by atoms with E-state index >= 15 is 0 Å². The van der Waals surface area contributed by atoms with E-state index in [1.807, 2.05) is 37.3 Å². The maximum atomic E-state index is 12.1. The summed E-state index contributed by atoms with van der Waals surface area (Å²) in [7, 11) is 1.39. The number of hydrogen-bond acceptors (Lipinski definition) is 5. The fraction of sp³-hybridized carbons (Fsp3) is 0.500. The van der Waals surface area contributed by atoms with Crippen LogP contribution in [0.5, 0.6) is 0 Å². The largest absolute Gasteiger partial charge is 0.445 e. The molecule has 0 saturated carbocycles. The lowest BCUT2D eigenvalue weighted by atomic mass is 9.93. The molecule has 8 nitrogen and oxygen atoms in total. The summed E-state index contributed by atoms with van der Waals surface area (Å²) in [6.07, 6.45) is -1.51. The number of likely N-dealkylation sites (N-methyl/N-ethyl adjacent to an activating group) is 1. The van der Waals surface area contributed by atoms with Crippen LogP contribution in [-0.2, 0) is 20.9 Å². The van der Waals surface area contributed by atoms with Gasteiger partial charge in [0.2, 0.25) is 5.91 Å². The zero-order chi connectivity index (χ0) is 19.1. The second-order valence-corrected chi connectivity index (χ2v) is 6.45. The Morgan fingerprint density at radius 2 is 2.04 bits per heavy atom. The third-order valence-electron chi connectivity index (χ3n) is 4.35. The molecular weight excluding hydrogens is 338 g/mol. The summed E-state index contributed by atoms with van der Waals surface area (Å²) in [5.74, 6) is -1.17. The normalized spacial score (nSPS) is 21.4. The Hall–Kier alpha value is -2.61. The second kappa shape index (κ2) is 9.19. The standard InChI is InChI=1S/C18H25N3O5/c1-11-8-13(16(23)20-11)9-14(15(22)17(24)19-2)21-18(25)26-10-12-6-4-3-5-7-12/h3-7,11,13-15,22H,8-10H2,1-2H3,(H,19,24)(H,20,23)(H,21,25)/t11-,13+,14+,15?/m1/s1. The first-order valence-corrected chi connectivity index (χ1v) is 8.58. The molecule has 1 aromatic carbocycles. The Morgan fingerprint density at radius 1 is 1.35 bits per heavy atom. The van der Waals surface area contributed by atoms with Crippen LogP contribution in [0.2, 0.25) is 0 Å². The molecule has 1 heterocycles. The van der Waals surface area contributed by atoms with Crippen molar-refractivity contribution in [1.29, 1.82) is 0 Å². The lowest BCUT2D eigenvalue weighted by Gasteiger charge is -2.24. The molecule has 142 valence electrons. The molecule has 0 aliphatic carbocycles. The molecule has 8 heteroatoms. The van der Waals surface area contributed by atoms with E-state index in [-0.39, 0.29) is 30.9 Å². The van der Waals surface area contributed by atoms with Gasteiger partial charge in [-0.15, -0.1) is 0 Å². The number of aliphatic hydroxyl groups excluding tert-OH is 1. The number of ether oxygens (including phenoxy) is 1. The monoisotopic (exact) mass is 363 g/mol. The first kappa shape index (κ1) is 19.7. The van der Waals surface area contributed by atoms with Gasteiger partial charge in [0, 0.05) is 19.0 Å². The van der Waals surface area contributed by atoms with Crippen molar-refractivity contribution in [2.45, 2.75) is 44.6 Å². The predicted octanol–water partition coefficient (Wildman–Crippen LogP) is 0.303. The van der Waals surface area contributed by atoms with Crippen LogP contribution in [0, 0.1) is 5.92 Å². The van der Waals surface area contributed by atoms with E-state index in [4.69, 9.17) is 4.74 Å². The van der Waals surface area contributed by atoms with E-state index in [0.717, 1.165) is 5.56 Å². The molecule has 4 atom stereocenters. The molecule has 1 fully saturated rings. The van der Waals surface area contributed by atoms with Crippen LogP contribution in [0.25, 0.3) is 0 Å². The average Bonchev–Trinajstić information content (AvgIpc) is 2.96. The summed E-state index contributed by atoms with van der Waals surface area (Å²) in [6, 6.07) is 8.23. The highest BCUT2D eigenvalue weighted by Gasteiger charge is 2.36. The lowest BCUT2D eigenvalue weighted by molar-refractivity contribution is -0.131. The number of rotatable bonds is 7. The first-order valence-electron chi connectivity index (χ1n) is 8.58. The minimum atomic E-state index is -1.48. The highest BCUT2D eigenvalue weighted by molar-refractivity contribution is 5.83. The zero-order valence-corrected chi connectivity index (χ0v) is 14.9. The summed E-state index contributed by atoms with van der Waals surface area (Å²) >= 11 is 0. The van der Waals surface area contributed by atoms with Gasteiger partial charge in [0.1, 0.15) is 6.61 Å². The molecule has 2 rings (SSSR count). The predicted molar refractivity (Wildman–Crippen MR) is 94.0 cm³/mol. The molecule has 1 aliphatic rings. The Kier molecular flexibility index (Phi) is 6.97. The SMILES string of the molecule is CNC(=O)C(O)[C@H](C[C@@H]1C[C@@H](C)NC1=O)NC(=O)OCc1ccccc1. The molecule has 1 saturated heterocycles. The quantitative estimate of drug-likeness (QED) is 0.556. The number of amides is 3. The minimum Gasteiger partial charge on any atom is -0.445 e. The fourth-order valence-electron chi connectivity index (χ4n) is 2.98. The molecule has 0 spiro atoms. The van der Waals surface area contributed by atoms with Crippen molar-refractivity contribution >= 4 is 17.9 Å². The number of benzene rings is 1. The number of carbonyl (C=O) groups is 3. The van der Waals surface area contributed by atoms with Gasteiger partial charge in [-0.25, -0.2) is 4.79 Å². The van der Waals surface area contributed by atoms with Gasteiger partial charge in [-0.1, -0.05) is 30.3 Å².